The Kier molecular flexibility index (Phi) is 5.08. The van der Waals surface area contributed by atoms with E-state index in [4.69, 9.17) is 23.2 Å². The Bertz CT molecular complexity index is 459. The fraction of sp³-hybridized carbons (Fsp3) is 0.500. The van der Waals surface area contributed by atoms with Crippen LogP contribution in [0, 0.1) is 0 Å². The number of benzene rings is 1. The van der Waals surface area contributed by atoms with Crippen LogP contribution in [-0.2, 0) is 11.3 Å². The summed E-state index contributed by atoms with van der Waals surface area (Å²) in [6.07, 6.45) is 3.19. The summed E-state index contributed by atoms with van der Waals surface area (Å²) in [6.45, 7) is 1.48. The minimum Gasteiger partial charge on any atom is -0.340 e. The number of carbonyl (C=O) groups excluding carboxylic acids is 1. The number of piperidine rings is 1. The molecule has 0 saturated carbocycles. The molecule has 1 aliphatic rings. The molecule has 0 radical (unpaired) electrons. The number of hydrogen-bond acceptors (Lipinski definition) is 2. The van der Waals surface area contributed by atoms with Gasteiger partial charge in [-0.15, -0.1) is 0 Å². The van der Waals surface area contributed by atoms with E-state index in [-0.39, 0.29) is 11.9 Å². The third kappa shape index (κ3) is 3.85. The van der Waals surface area contributed by atoms with E-state index < -0.39 is 0 Å². The van der Waals surface area contributed by atoms with Gasteiger partial charge in [-0.3, -0.25) is 4.79 Å². The lowest BCUT2D eigenvalue weighted by Gasteiger charge is -2.27. The lowest BCUT2D eigenvalue weighted by molar-refractivity contribution is -0.133. The number of amides is 1. The second-order valence-corrected chi connectivity index (χ2v) is 5.76. The maximum absolute atomic E-state index is 12.3. The molecule has 104 valence electrons. The molecule has 0 spiro atoms. The molecule has 1 saturated heterocycles. The molecule has 0 bridgehead atoms. The number of carbonyl (C=O) groups is 1. The molecule has 1 N–H and O–H groups in total. The van der Waals surface area contributed by atoms with Crippen LogP contribution in [0.2, 0.25) is 10.0 Å². The van der Waals surface area contributed by atoms with Crippen molar-refractivity contribution in [2.45, 2.75) is 31.8 Å². The first-order chi connectivity index (χ1) is 9.08. The average Bonchev–Trinajstić information content (AvgIpc) is 2.43. The highest BCUT2D eigenvalue weighted by atomic mass is 35.5. The van der Waals surface area contributed by atoms with Gasteiger partial charge in [-0.25, -0.2) is 0 Å². The smallest absolute Gasteiger partial charge is 0.239 e. The van der Waals surface area contributed by atoms with Crippen molar-refractivity contribution in [3.63, 3.8) is 0 Å². The van der Waals surface area contributed by atoms with E-state index in [1.54, 1.807) is 11.0 Å². The van der Waals surface area contributed by atoms with Crippen molar-refractivity contribution in [3.8, 4) is 0 Å². The van der Waals surface area contributed by atoms with Crippen LogP contribution in [0.15, 0.2) is 18.2 Å². The highest BCUT2D eigenvalue weighted by Gasteiger charge is 2.23. The van der Waals surface area contributed by atoms with Crippen LogP contribution in [-0.4, -0.2) is 30.4 Å². The molecule has 1 unspecified atom stereocenters. The molecule has 1 amide bonds. The lowest BCUT2D eigenvalue weighted by atomic mass is 10.0. The predicted octanol–water partition coefficient (Wildman–Crippen LogP) is 3.09. The summed E-state index contributed by atoms with van der Waals surface area (Å²) >= 11 is 11.9. The van der Waals surface area contributed by atoms with Crippen LogP contribution in [0.5, 0.6) is 0 Å². The Morgan fingerprint density at radius 1 is 1.37 bits per heavy atom. The van der Waals surface area contributed by atoms with Gasteiger partial charge in [0.15, 0.2) is 0 Å². The normalized spacial score (nSPS) is 19.2. The van der Waals surface area contributed by atoms with Crippen LogP contribution >= 0.6 is 23.2 Å². The summed E-state index contributed by atoms with van der Waals surface area (Å²) in [6, 6.07) is 5.42. The fourth-order valence-electron chi connectivity index (χ4n) is 2.32. The number of rotatable bonds is 3. The van der Waals surface area contributed by atoms with Crippen LogP contribution in [0.25, 0.3) is 0 Å². The first-order valence-electron chi connectivity index (χ1n) is 6.50. The first-order valence-corrected chi connectivity index (χ1v) is 7.26. The largest absolute Gasteiger partial charge is 0.340 e. The minimum atomic E-state index is -0.0403. The second-order valence-electron chi connectivity index (χ2n) is 4.95. The third-order valence-corrected chi connectivity index (χ3v) is 4.13. The Morgan fingerprint density at radius 2 is 2.16 bits per heavy atom. The van der Waals surface area contributed by atoms with Gasteiger partial charge in [0.1, 0.15) is 0 Å². The Labute approximate surface area is 123 Å². The molecule has 1 aromatic carbocycles. The van der Waals surface area contributed by atoms with Gasteiger partial charge in [0.25, 0.3) is 0 Å². The Morgan fingerprint density at radius 3 is 2.79 bits per heavy atom. The maximum Gasteiger partial charge on any atom is 0.239 e. The lowest BCUT2D eigenvalue weighted by Crippen LogP contribution is -2.46. The van der Waals surface area contributed by atoms with Gasteiger partial charge < -0.3 is 10.2 Å². The summed E-state index contributed by atoms with van der Waals surface area (Å²) in [5.41, 5.74) is 0.987. The number of likely N-dealkylation sites (N-methyl/N-ethyl adjacent to an activating group) is 1. The maximum atomic E-state index is 12.3. The standard InChI is InChI=1S/C14H18Cl2N2O/c1-18(14(19)13-4-2-3-7-17-13)9-10-5-6-11(15)12(16)8-10/h5-6,8,13,17H,2-4,7,9H2,1H3. The van der Waals surface area contributed by atoms with Gasteiger partial charge in [0.05, 0.1) is 16.1 Å². The number of halogens is 2. The van der Waals surface area contributed by atoms with Crippen molar-refractivity contribution in [1.29, 1.82) is 0 Å². The average molecular weight is 301 g/mol. The molecule has 1 aliphatic heterocycles. The summed E-state index contributed by atoms with van der Waals surface area (Å²) in [4.78, 5) is 14.0. The van der Waals surface area contributed by atoms with E-state index in [0.717, 1.165) is 31.4 Å². The molecule has 1 heterocycles. The molecule has 19 heavy (non-hydrogen) atoms. The molecule has 1 aromatic rings. The van der Waals surface area contributed by atoms with Crippen molar-refractivity contribution in [2.24, 2.45) is 0 Å². The van der Waals surface area contributed by atoms with E-state index in [0.29, 0.717) is 16.6 Å². The zero-order valence-corrected chi connectivity index (χ0v) is 12.5. The monoisotopic (exact) mass is 300 g/mol. The molecule has 1 atom stereocenters. The van der Waals surface area contributed by atoms with Crippen LogP contribution in [0.1, 0.15) is 24.8 Å². The predicted molar refractivity (Wildman–Crippen MR) is 78.6 cm³/mol. The highest BCUT2D eigenvalue weighted by Crippen LogP contribution is 2.23. The van der Waals surface area contributed by atoms with Crippen molar-refractivity contribution in [3.05, 3.63) is 33.8 Å². The number of hydrogen-bond donors (Lipinski definition) is 1. The van der Waals surface area contributed by atoms with Crippen molar-refractivity contribution < 1.29 is 4.79 Å². The van der Waals surface area contributed by atoms with E-state index >= 15 is 0 Å². The van der Waals surface area contributed by atoms with Gasteiger partial charge in [-0.1, -0.05) is 35.7 Å². The zero-order valence-electron chi connectivity index (χ0n) is 11.0. The van der Waals surface area contributed by atoms with Crippen LogP contribution < -0.4 is 5.32 Å². The van der Waals surface area contributed by atoms with Crippen molar-refractivity contribution in [1.82, 2.24) is 10.2 Å². The van der Waals surface area contributed by atoms with Gasteiger partial charge >= 0.3 is 0 Å². The van der Waals surface area contributed by atoms with Gasteiger partial charge in [0.2, 0.25) is 5.91 Å². The number of nitrogens with one attached hydrogen (secondary N) is 1. The zero-order chi connectivity index (χ0) is 13.8. The highest BCUT2D eigenvalue weighted by molar-refractivity contribution is 6.42. The molecule has 0 aliphatic carbocycles. The molecule has 5 heteroatoms. The van der Waals surface area contributed by atoms with E-state index in [9.17, 15) is 4.79 Å². The van der Waals surface area contributed by atoms with Crippen molar-refractivity contribution in [2.75, 3.05) is 13.6 Å². The van der Waals surface area contributed by atoms with Gasteiger partial charge in [-0.2, -0.15) is 0 Å². The third-order valence-electron chi connectivity index (χ3n) is 3.39. The molecule has 1 fully saturated rings. The van der Waals surface area contributed by atoms with Crippen LogP contribution in [0.3, 0.4) is 0 Å². The SMILES string of the molecule is CN(Cc1ccc(Cl)c(Cl)c1)C(=O)C1CCCCN1. The van der Waals surface area contributed by atoms with E-state index in [1.165, 1.54) is 0 Å². The van der Waals surface area contributed by atoms with E-state index in [1.807, 2.05) is 19.2 Å². The summed E-state index contributed by atoms with van der Waals surface area (Å²) in [7, 11) is 1.82. The summed E-state index contributed by atoms with van der Waals surface area (Å²) in [5, 5.41) is 4.33. The molecule has 3 nitrogen and oxygen atoms in total. The van der Waals surface area contributed by atoms with E-state index in [2.05, 4.69) is 5.32 Å². The molecular weight excluding hydrogens is 283 g/mol. The fourth-order valence-corrected chi connectivity index (χ4v) is 2.64. The minimum absolute atomic E-state index is 0.0403. The van der Waals surface area contributed by atoms with Crippen LogP contribution in [0.4, 0.5) is 0 Å². The van der Waals surface area contributed by atoms with Crippen molar-refractivity contribution >= 4 is 29.1 Å². The molecular formula is C14H18Cl2N2O. The van der Waals surface area contributed by atoms with Gasteiger partial charge in [-0.05, 0) is 37.1 Å². The quantitative estimate of drug-likeness (QED) is 0.930. The first kappa shape index (κ1) is 14.6. The topological polar surface area (TPSA) is 32.3 Å². The van der Waals surface area contributed by atoms with Gasteiger partial charge in [0, 0.05) is 13.6 Å². The molecule has 2 rings (SSSR count). The Hall–Kier alpha value is -0.770. The number of nitrogens with zero attached hydrogens (tertiary/aromatic N) is 1. The second kappa shape index (κ2) is 6.60. The Balaban J connectivity index is 1.97. The summed E-state index contributed by atoms with van der Waals surface area (Å²) < 4.78 is 0. The molecule has 0 aromatic heterocycles. The summed E-state index contributed by atoms with van der Waals surface area (Å²) in [5.74, 6) is 0.144.